The summed E-state index contributed by atoms with van der Waals surface area (Å²) in [5.74, 6) is -0.448. The molecule has 1 aromatic rings. The maximum absolute atomic E-state index is 11.7. The van der Waals surface area contributed by atoms with Gasteiger partial charge in [-0.25, -0.2) is 0 Å². The van der Waals surface area contributed by atoms with Gasteiger partial charge in [-0.2, -0.15) is 0 Å². The topological polar surface area (TPSA) is 95.6 Å². The van der Waals surface area contributed by atoms with Crippen molar-refractivity contribution in [2.75, 3.05) is 18.9 Å². The van der Waals surface area contributed by atoms with Gasteiger partial charge in [-0.1, -0.05) is 11.6 Å². The highest BCUT2D eigenvalue weighted by Crippen LogP contribution is 2.18. The minimum absolute atomic E-state index is 0.0759. The molecule has 0 fully saturated rings. The van der Waals surface area contributed by atoms with E-state index < -0.39 is 18.1 Å². The zero-order chi connectivity index (χ0) is 13.1. The molecule has 0 heterocycles. The smallest absolute Gasteiger partial charge is 0.252 e. The molecule has 0 radical (unpaired) electrons. The Hall–Kier alpha value is -1.30. The molecule has 6 heteroatoms. The zero-order valence-corrected chi connectivity index (χ0v) is 10.2. The van der Waals surface area contributed by atoms with Crippen LogP contribution in [0.3, 0.4) is 0 Å². The van der Waals surface area contributed by atoms with Crippen molar-refractivity contribution in [2.45, 2.75) is 12.5 Å². The summed E-state index contributed by atoms with van der Waals surface area (Å²) in [6, 6.07) is 4.56. The van der Waals surface area contributed by atoms with Crippen molar-refractivity contribution < 1.29 is 15.0 Å². The van der Waals surface area contributed by atoms with Crippen LogP contribution in [0.25, 0.3) is 0 Å². The summed E-state index contributed by atoms with van der Waals surface area (Å²) in [7, 11) is 0. The van der Waals surface area contributed by atoms with Crippen molar-refractivity contribution in [3.63, 3.8) is 0 Å². The Labute approximate surface area is 104 Å². The number of carbonyl (C=O) groups excluding carboxylic acids is 1. The highest BCUT2D eigenvalue weighted by Gasteiger charge is 2.20. The molecular formula is C11H15ClN2O3. The van der Waals surface area contributed by atoms with Crippen LogP contribution in [-0.2, 0) is 0 Å². The molecule has 0 spiro atoms. The Bertz CT molecular complexity index is 421. The number of nitrogens with one attached hydrogen (secondary N) is 1. The molecular weight excluding hydrogens is 244 g/mol. The first-order valence-electron chi connectivity index (χ1n) is 5.02. The average molecular weight is 259 g/mol. The number of nitrogens with two attached hydrogens (primary N) is 1. The predicted octanol–water partition coefficient (Wildman–Crippen LogP) is 0.395. The van der Waals surface area contributed by atoms with Crippen molar-refractivity contribution in [1.82, 2.24) is 5.32 Å². The SMILES string of the molecule is CC(O)(CO)CNC(=O)c1cc(N)ccc1Cl. The number of aliphatic hydroxyl groups is 2. The lowest BCUT2D eigenvalue weighted by Crippen LogP contribution is -2.43. The Morgan fingerprint density at radius 3 is 2.82 bits per heavy atom. The standard InChI is InChI=1S/C11H15ClN2O3/c1-11(17,6-15)5-14-10(16)8-4-7(13)2-3-9(8)12/h2-4,15,17H,5-6,13H2,1H3,(H,14,16). The van der Waals surface area contributed by atoms with E-state index in [0.29, 0.717) is 5.69 Å². The molecule has 0 bridgehead atoms. The lowest BCUT2D eigenvalue weighted by atomic mass is 10.1. The molecule has 5 N–H and O–H groups in total. The predicted molar refractivity (Wildman–Crippen MR) is 65.9 cm³/mol. The third-order valence-corrected chi connectivity index (χ3v) is 2.54. The Morgan fingerprint density at radius 1 is 1.59 bits per heavy atom. The number of benzene rings is 1. The Kier molecular flexibility index (Phi) is 4.34. The minimum atomic E-state index is -1.36. The van der Waals surface area contributed by atoms with Gasteiger partial charge < -0.3 is 21.3 Å². The van der Waals surface area contributed by atoms with Gasteiger partial charge in [-0.3, -0.25) is 4.79 Å². The van der Waals surface area contributed by atoms with Crippen LogP contribution in [0.4, 0.5) is 5.69 Å². The molecule has 5 nitrogen and oxygen atoms in total. The Balaban J connectivity index is 2.74. The van der Waals surface area contributed by atoms with E-state index in [1.165, 1.54) is 19.1 Å². The average Bonchev–Trinajstić information content (AvgIpc) is 2.29. The summed E-state index contributed by atoms with van der Waals surface area (Å²) in [6.07, 6.45) is 0. The fourth-order valence-corrected chi connectivity index (χ4v) is 1.34. The molecule has 0 aliphatic carbocycles. The van der Waals surface area contributed by atoms with Gasteiger partial charge in [0.15, 0.2) is 0 Å². The van der Waals surface area contributed by atoms with Gasteiger partial charge in [0.2, 0.25) is 0 Å². The molecule has 0 aliphatic rings. The van der Waals surface area contributed by atoms with E-state index in [4.69, 9.17) is 22.4 Å². The van der Waals surface area contributed by atoms with Crippen LogP contribution in [0.5, 0.6) is 0 Å². The summed E-state index contributed by atoms with van der Waals surface area (Å²) in [5, 5.41) is 21.1. The normalized spacial score (nSPS) is 14.1. The largest absolute Gasteiger partial charge is 0.399 e. The minimum Gasteiger partial charge on any atom is -0.399 e. The van der Waals surface area contributed by atoms with E-state index in [-0.39, 0.29) is 17.1 Å². The molecule has 1 amide bonds. The number of hydrogen-bond acceptors (Lipinski definition) is 4. The maximum Gasteiger partial charge on any atom is 0.252 e. The van der Waals surface area contributed by atoms with Crippen LogP contribution in [0.1, 0.15) is 17.3 Å². The lowest BCUT2D eigenvalue weighted by Gasteiger charge is -2.20. The van der Waals surface area contributed by atoms with E-state index in [1.54, 1.807) is 6.07 Å². The summed E-state index contributed by atoms with van der Waals surface area (Å²) in [6.45, 7) is 0.889. The van der Waals surface area contributed by atoms with Gasteiger partial charge in [-0.15, -0.1) is 0 Å². The van der Waals surface area contributed by atoms with Gasteiger partial charge in [0.05, 0.1) is 17.2 Å². The van der Waals surface area contributed by atoms with Crippen LogP contribution < -0.4 is 11.1 Å². The molecule has 17 heavy (non-hydrogen) atoms. The monoisotopic (exact) mass is 258 g/mol. The molecule has 0 saturated carbocycles. The molecule has 1 atom stereocenters. The Morgan fingerprint density at radius 2 is 2.24 bits per heavy atom. The molecule has 94 valence electrons. The van der Waals surface area contributed by atoms with Gasteiger partial charge in [0.1, 0.15) is 5.60 Å². The number of carbonyl (C=O) groups is 1. The first kappa shape index (κ1) is 13.8. The summed E-state index contributed by atoms with van der Waals surface area (Å²) in [4.78, 5) is 11.7. The number of amides is 1. The van der Waals surface area contributed by atoms with Gasteiger partial charge in [0, 0.05) is 12.2 Å². The van der Waals surface area contributed by atoms with E-state index in [2.05, 4.69) is 5.32 Å². The lowest BCUT2D eigenvalue weighted by molar-refractivity contribution is 0.00320. The first-order chi connectivity index (χ1) is 7.85. The molecule has 1 rings (SSSR count). The van der Waals surface area contributed by atoms with Gasteiger partial charge >= 0.3 is 0 Å². The third-order valence-electron chi connectivity index (χ3n) is 2.21. The molecule has 1 aromatic carbocycles. The third kappa shape index (κ3) is 3.89. The van der Waals surface area contributed by atoms with Crippen LogP contribution in [0.2, 0.25) is 5.02 Å². The number of aliphatic hydroxyl groups excluding tert-OH is 1. The molecule has 1 unspecified atom stereocenters. The van der Waals surface area contributed by atoms with Crippen molar-refractivity contribution in [2.24, 2.45) is 0 Å². The van der Waals surface area contributed by atoms with E-state index in [1.807, 2.05) is 0 Å². The second kappa shape index (κ2) is 5.35. The van der Waals surface area contributed by atoms with Crippen molar-refractivity contribution >= 4 is 23.2 Å². The first-order valence-corrected chi connectivity index (χ1v) is 5.40. The molecule has 0 saturated heterocycles. The van der Waals surface area contributed by atoms with E-state index >= 15 is 0 Å². The highest BCUT2D eigenvalue weighted by molar-refractivity contribution is 6.34. The van der Waals surface area contributed by atoms with Crippen LogP contribution in [-0.4, -0.2) is 34.9 Å². The van der Waals surface area contributed by atoms with Gasteiger partial charge in [-0.05, 0) is 25.1 Å². The number of halogens is 1. The van der Waals surface area contributed by atoms with Crippen molar-refractivity contribution in [3.05, 3.63) is 28.8 Å². The van der Waals surface area contributed by atoms with Crippen molar-refractivity contribution in [3.8, 4) is 0 Å². The second-order valence-electron chi connectivity index (χ2n) is 4.08. The van der Waals surface area contributed by atoms with Crippen molar-refractivity contribution in [1.29, 1.82) is 0 Å². The van der Waals surface area contributed by atoms with E-state index in [0.717, 1.165) is 0 Å². The number of nitrogen functional groups attached to an aromatic ring is 1. The number of anilines is 1. The number of rotatable bonds is 4. The van der Waals surface area contributed by atoms with Crippen LogP contribution in [0.15, 0.2) is 18.2 Å². The fraction of sp³-hybridized carbons (Fsp3) is 0.364. The number of hydrogen-bond donors (Lipinski definition) is 4. The van der Waals surface area contributed by atoms with E-state index in [9.17, 15) is 9.90 Å². The fourth-order valence-electron chi connectivity index (χ4n) is 1.14. The second-order valence-corrected chi connectivity index (χ2v) is 4.48. The van der Waals surface area contributed by atoms with Gasteiger partial charge in [0.25, 0.3) is 5.91 Å². The molecule has 0 aliphatic heterocycles. The quantitative estimate of drug-likeness (QED) is 0.588. The summed E-state index contributed by atoms with van der Waals surface area (Å²) < 4.78 is 0. The highest BCUT2D eigenvalue weighted by atomic mass is 35.5. The summed E-state index contributed by atoms with van der Waals surface area (Å²) in [5.41, 5.74) is 4.85. The van der Waals surface area contributed by atoms with Crippen LogP contribution >= 0.6 is 11.6 Å². The maximum atomic E-state index is 11.7. The zero-order valence-electron chi connectivity index (χ0n) is 9.40. The van der Waals surface area contributed by atoms with Crippen LogP contribution in [0, 0.1) is 0 Å². The summed E-state index contributed by atoms with van der Waals surface area (Å²) >= 11 is 5.85. The molecule has 0 aromatic heterocycles.